The number of hydrogen-bond acceptors (Lipinski definition) is 3. The number of ether oxygens (including phenoxy) is 1. The lowest BCUT2D eigenvalue weighted by Gasteiger charge is -2.12. The van der Waals surface area contributed by atoms with Gasteiger partial charge in [-0.1, -0.05) is 23.7 Å². The topological polar surface area (TPSA) is 49.7 Å². The van der Waals surface area contributed by atoms with Crippen molar-refractivity contribution in [2.45, 2.75) is 13.0 Å². The van der Waals surface area contributed by atoms with Crippen LogP contribution in [0.3, 0.4) is 0 Å². The predicted octanol–water partition coefficient (Wildman–Crippen LogP) is 1.38. The minimum Gasteiger partial charge on any atom is -0.489 e. The lowest BCUT2D eigenvalue weighted by Crippen LogP contribution is -2.21. The van der Waals surface area contributed by atoms with E-state index in [9.17, 15) is 0 Å². The predicted molar refractivity (Wildman–Crippen MR) is 54.8 cm³/mol. The summed E-state index contributed by atoms with van der Waals surface area (Å²) in [4.78, 5) is 0. The minimum absolute atomic E-state index is 0.0427. The van der Waals surface area contributed by atoms with Gasteiger partial charge in [-0.2, -0.15) is 0 Å². The first-order chi connectivity index (χ1) is 6.65. The number of para-hydroxylation sites is 1. The lowest BCUT2D eigenvalue weighted by molar-refractivity contribution is 0.0534. The molecule has 78 valence electrons. The van der Waals surface area contributed by atoms with Crippen LogP contribution in [0.4, 0.5) is 0 Å². The van der Waals surface area contributed by atoms with Crippen LogP contribution in [-0.2, 0) is 0 Å². The van der Waals surface area contributed by atoms with Gasteiger partial charge in [0.25, 0.3) is 0 Å². The van der Waals surface area contributed by atoms with Crippen molar-refractivity contribution < 1.29 is 14.9 Å². The van der Waals surface area contributed by atoms with Crippen LogP contribution in [-0.4, -0.2) is 29.5 Å². The van der Waals surface area contributed by atoms with E-state index < -0.39 is 6.10 Å². The number of aliphatic hydroxyl groups excluding tert-OH is 2. The molecule has 0 fully saturated rings. The summed E-state index contributed by atoms with van der Waals surface area (Å²) in [6.07, 6.45) is -0.870. The number of hydrogen-bond donors (Lipinski definition) is 2. The summed E-state index contributed by atoms with van der Waals surface area (Å²) in [6, 6.07) is 5.41. The second-order valence-electron chi connectivity index (χ2n) is 3.03. The molecule has 1 aromatic rings. The minimum atomic E-state index is -0.870. The highest BCUT2D eigenvalue weighted by Gasteiger charge is 2.07. The van der Waals surface area contributed by atoms with Gasteiger partial charge in [0.2, 0.25) is 0 Å². The van der Waals surface area contributed by atoms with Crippen LogP contribution in [0.25, 0.3) is 0 Å². The summed E-state index contributed by atoms with van der Waals surface area (Å²) < 4.78 is 5.28. The summed E-state index contributed by atoms with van der Waals surface area (Å²) in [5.41, 5.74) is 0.905. The molecule has 2 N–H and O–H groups in total. The fourth-order valence-corrected chi connectivity index (χ4v) is 1.31. The molecule has 0 aliphatic carbocycles. The van der Waals surface area contributed by atoms with Crippen molar-refractivity contribution in [1.29, 1.82) is 0 Å². The van der Waals surface area contributed by atoms with Gasteiger partial charge >= 0.3 is 0 Å². The van der Waals surface area contributed by atoms with Gasteiger partial charge in [0.1, 0.15) is 18.5 Å². The molecule has 1 atom stereocenters. The van der Waals surface area contributed by atoms with Gasteiger partial charge in [0, 0.05) is 0 Å². The van der Waals surface area contributed by atoms with Crippen molar-refractivity contribution in [1.82, 2.24) is 0 Å². The monoisotopic (exact) mass is 216 g/mol. The van der Waals surface area contributed by atoms with Crippen molar-refractivity contribution >= 4 is 11.6 Å². The molecule has 14 heavy (non-hydrogen) atoms. The van der Waals surface area contributed by atoms with E-state index in [0.717, 1.165) is 5.56 Å². The molecular weight excluding hydrogens is 204 g/mol. The highest BCUT2D eigenvalue weighted by Crippen LogP contribution is 2.27. The molecule has 1 aromatic carbocycles. The molecule has 0 bridgehead atoms. The van der Waals surface area contributed by atoms with Crippen LogP contribution in [0.15, 0.2) is 18.2 Å². The fraction of sp³-hybridized carbons (Fsp3) is 0.400. The van der Waals surface area contributed by atoms with E-state index in [1.807, 2.05) is 19.1 Å². The Bertz CT molecular complexity index is 281. The maximum absolute atomic E-state index is 9.08. The smallest absolute Gasteiger partial charge is 0.140 e. The zero-order chi connectivity index (χ0) is 10.6. The van der Waals surface area contributed by atoms with Crippen molar-refractivity contribution in [3.05, 3.63) is 28.8 Å². The molecule has 0 unspecified atom stereocenters. The molecule has 0 saturated heterocycles. The van der Waals surface area contributed by atoms with Crippen molar-refractivity contribution in [2.24, 2.45) is 0 Å². The summed E-state index contributed by atoms with van der Waals surface area (Å²) in [7, 11) is 0. The fourth-order valence-electron chi connectivity index (χ4n) is 1.03. The molecule has 0 saturated carbocycles. The van der Waals surface area contributed by atoms with Gasteiger partial charge < -0.3 is 14.9 Å². The van der Waals surface area contributed by atoms with E-state index in [-0.39, 0.29) is 13.2 Å². The van der Waals surface area contributed by atoms with E-state index in [1.54, 1.807) is 6.07 Å². The number of halogens is 1. The normalized spacial score (nSPS) is 12.6. The zero-order valence-corrected chi connectivity index (χ0v) is 8.66. The molecule has 0 aliphatic rings. The Morgan fingerprint density at radius 3 is 2.79 bits per heavy atom. The molecular formula is C10H13ClO3. The van der Waals surface area contributed by atoms with Crippen LogP contribution >= 0.6 is 11.6 Å². The largest absolute Gasteiger partial charge is 0.489 e. The Hall–Kier alpha value is -0.770. The maximum atomic E-state index is 9.08. The third-order valence-electron chi connectivity index (χ3n) is 1.79. The SMILES string of the molecule is Cc1cccc(Cl)c1OC[C@@H](O)CO. The second kappa shape index (κ2) is 5.20. The third-order valence-corrected chi connectivity index (χ3v) is 2.09. The average molecular weight is 217 g/mol. The van der Waals surface area contributed by atoms with E-state index in [0.29, 0.717) is 10.8 Å². The molecule has 0 aliphatic heterocycles. The van der Waals surface area contributed by atoms with Crippen LogP contribution in [0, 0.1) is 6.92 Å². The molecule has 0 aromatic heterocycles. The number of rotatable bonds is 4. The standard InChI is InChI=1S/C10H13ClO3/c1-7-3-2-4-9(11)10(7)14-6-8(13)5-12/h2-4,8,12-13H,5-6H2,1H3/t8-/m0/s1. The Labute approximate surface area is 87.9 Å². The van der Waals surface area contributed by atoms with Crippen LogP contribution in [0.1, 0.15) is 5.56 Å². The first kappa shape index (κ1) is 11.3. The van der Waals surface area contributed by atoms with Gasteiger partial charge in [0.15, 0.2) is 0 Å². The van der Waals surface area contributed by atoms with Crippen molar-refractivity contribution in [3.8, 4) is 5.75 Å². The van der Waals surface area contributed by atoms with Crippen LogP contribution in [0.5, 0.6) is 5.75 Å². The van der Waals surface area contributed by atoms with Crippen molar-refractivity contribution in [3.63, 3.8) is 0 Å². The van der Waals surface area contributed by atoms with E-state index in [1.165, 1.54) is 0 Å². The van der Waals surface area contributed by atoms with Crippen LogP contribution < -0.4 is 4.74 Å². The Morgan fingerprint density at radius 2 is 2.21 bits per heavy atom. The van der Waals surface area contributed by atoms with E-state index in [4.69, 9.17) is 26.6 Å². The Morgan fingerprint density at radius 1 is 1.50 bits per heavy atom. The zero-order valence-electron chi connectivity index (χ0n) is 7.90. The summed E-state index contributed by atoms with van der Waals surface area (Å²) >= 11 is 5.89. The summed E-state index contributed by atoms with van der Waals surface area (Å²) in [6.45, 7) is 1.59. The third kappa shape index (κ3) is 2.87. The molecule has 4 heteroatoms. The van der Waals surface area contributed by atoms with Gasteiger partial charge in [-0.05, 0) is 18.6 Å². The molecule has 0 radical (unpaired) electrons. The Balaban J connectivity index is 2.66. The van der Waals surface area contributed by atoms with E-state index >= 15 is 0 Å². The number of aliphatic hydroxyl groups is 2. The lowest BCUT2D eigenvalue weighted by atomic mass is 10.2. The first-order valence-corrected chi connectivity index (χ1v) is 4.69. The molecule has 0 amide bonds. The highest BCUT2D eigenvalue weighted by atomic mass is 35.5. The summed E-state index contributed by atoms with van der Waals surface area (Å²) in [5.74, 6) is 0.557. The first-order valence-electron chi connectivity index (χ1n) is 4.32. The molecule has 0 spiro atoms. The summed E-state index contributed by atoms with van der Waals surface area (Å²) in [5, 5.41) is 18.2. The second-order valence-corrected chi connectivity index (χ2v) is 3.44. The van der Waals surface area contributed by atoms with Gasteiger partial charge in [-0.3, -0.25) is 0 Å². The molecule has 0 heterocycles. The molecule has 3 nitrogen and oxygen atoms in total. The van der Waals surface area contributed by atoms with Crippen LogP contribution in [0.2, 0.25) is 5.02 Å². The van der Waals surface area contributed by atoms with E-state index in [2.05, 4.69) is 0 Å². The van der Waals surface area contributed by atoms with Gasteiger partial charge in [0.05, 0.1) is 11.6 Å². The average Bonchev–Trinajstić information content (AvgIpc) is 2.16. The number of aryl methyl sites for hydroxylation is 1. The van der Waals surface area contributed by atoms with Gasteiger partial charge in [-0.25, -0.2) is 0 Å². The number of benzene rings is 1. The Kier molecular flexibility index (Phi) is 4.20. The van der Waals surface area contributed by atoms with Crippen molar-refractivity contribution in [2.75, 3.05) is 13.2 Å². The van der Waals surface area contributed by atoms with Gasteiger partial charge in [-0.15, -0.1) is 0 Å². The highest BCUT2D eigenvalue weighted by molar-refractivity contribution is 6.32. The molecule has 1 rings (SSSR count). The quantitative estimate of drug-likeness (QED) is 0.800. The maximum Gasteiger partial charge on any atom is 0.140 e.